The fourth-order valence-electron chi connectivity index (χ4n) is 3.21. The lowest BCUT2D eigenvalue weighted by molar-refractivity contribution is -0.386. The van der Waals surface area contributed by atoms with E-state index in [2.05, 4.69) is 37.3 Å². The molecule has 0 unspecified atom stereocenters. The van der Waals surface area contributed by atoms with Gasteiger partial charge in [-0.15, -0.1) is 0 Å². The van der Waals surface area contributed by atoms with Gasteiger partial charge in [0, 0.05) is 20.6 Å². The molecular weight excluding hydrogens is 558 g/mol. The van der Waals surface area contributed by atoms with Crippen molar-refractivity contribution < 1.29 is 19.2 Å². The van der Waals surface area contributed by atoms with Crippen molar-refractivity contribution in [2.24, 2.45) is 0 Å². The smallest absolute Gasteiger partial charge is 0.312 e. The molecular formula is C23H15Br2N3O5. The largest absolute Gasteiger partial charge is 0.482 e. The standard InChI is InChI=1S/C23H15Br2N3O5/c24-16-8-6-14(7-9-16)13-33-21-15(10-17(25)12-20(21)28(31)32)11-19-22(29)26-27(23(19)30)18-4-2-1-3-5-18/h1-12H,13H2,(H,26,29)/b19-11-. The molecule has 1 heterocycles. The molecule has 33 heavy (non-hydrogen) atoms. The topological polar surface area (TPSA) is 102 Å². The number of benzene rings is 3. The van der Waals surface area contributed by atoms with Crippen LogP contribution in [0.25, 0.3) is 6.08 Å². The van der Waals surface area contributed by atoms with Crippen LogP contribution >= 0.6 is 31.9 Å². The number of carbonyl (C=O) groups is 2. The first kappa shape index (κ1) is 22.7. The predicted octanol–water partition coefficient (Wildman–Crippen LogP) is 5.16. The number of anilines is 1. The first-order valence-electron chi connectivity index (χ1n) is 9.61. The number of rotatable bonds is 6. The monoisotopic (exact) mass is 571 g/mol. The number of para-hydroxylation sites is 1. The lowest BCUT2D eigenvalue weighted by Gasteiger charge is -2.14. The maximum absolute atomic E-state index is 12.9. The molecule has 3 aromatic carbocycles. The van der Waals surface area contributed by atoms with Crippen LogP contribution in [0.2, 0.25) is 0 Å². The van der Waals surface area contributed by atoms with Crippen molar-refractivity contribution >= 4 is 61.1 Å². The van der Waals surface area contributed by atoms with Gasteiger partial charge in [0.25, 0.3) is 11.8 Å². The van der Waals surface area contributed by atoms with E-state index in [1.807, 2.05) is 24.3 Å². The molecule has 2 amide bonds. The van der Waals surface area contributed by atoms with Crippen molar-refractivity contribution in [2.45, 2.75) is 6.61 Å². The van der Waals surface area contributed by atoms with E-state index in [0.717, 1.165) is 15.0 Å². The van der Waals surface area contributed by atoms with Gasteiger partial charge in [-0.3, -0.25) is 25.1 Å². The first-order chi connectivity index (χ1) is 15.8. The molecule has 0 saturated carbocycles. The maximum Gasteiger partial charge on any atom is 0.312 e. The fraction of sp³-hybridized carbons (Fsp3) is 0.0435. The number of nitrogens with zero attached hydrogens (tertiary/aromatic N) is 2. The highest BCUT2D eigenvalue weighted by Crippen LogP contribution is 2.37. The number of carbonyl (C=O) groups excluding carboxylic acids is 2. The van der Waals surface area contributed by atoms with Crippen molar-refractivity contribution in [3.05, 3.63) is 102 Å². The van der Waals surface area contributed by atoms with E-state index < -0.39 is 16.7 Å². The van der Waals surface area contributed by atoms with Crippen LogP contribution in [-0.2, 0) is 16.2 Å². The lowest BCUT2D eigenvalue weighted by atomic mass is 10.1. The van der Waals surface area contributed by atoms with Gasteiger partial charge in [0.15, 0.2) is 0 Å². The highest BCUT2D eigenvalue weighted by molar-refractivity contribution is 9.10. The molecule has 0 atom stereocenters. The van der Waals surface area contributed by atoms with Gasteiger partial charge in [-0.25, -0.2) is 5.01 Å². The second-order valence-corrected chi connectivity index (χ2v) is 8.82. The summed E-state index contributed by atoms with van der Waals surface area (Å²) in [6, 6.07) is 18.8. The van der Waals surface area contributed by atoms with Crippen LogP contribution < -0.4 is 15.2 Å². The minimum absolute atomic E-state index is 0.0441. The first-order valence-corrected chi connectivity index (χ1v) is 11.2. The van der Waals surface area contributed by atoms with Crippen LogP contribution in [0.1, 0.15) is 11.1 Å². The third-order valence-electron chi connectivity index (χ3n) is 4.76. The third kappa shape index (κ3) is 4.96. The van der Waals surface area contributed by atoms with E-state index in [4.69, 9.17) is 4.74 Å². The van der Waals surface area contributed by atoms with Gasteiger partial charge in [0.2, 0.25) is 5.75 Å². The summed E-state index contributed by atoms with van der Waals surface area (Å²) in [5.41, 5.74) is 3.56. The van der Waals surface area contributed by atoms with Gasteiger partial charge < -0.3 is 4.74 Å². The van der Waals surface area contributed by atoms with E-state index >= 15 is 0 Å². The average Bonchev–Trinajstić information content (AvgIpc) is 3.08. The SMILES string of the molecule is O=C1NN(c2ccccc2)C(=O)/C1=C\c1cc(Br)cc([N+](=O)[O-])c1OCc1ccc(Br)cc1. The molecule has 0 spiro atoms. The fourth-order valence-corrected chi connectivity index (χ4v) is 3.94. The maximum atomic E-state index is 12.9. The Morgan fingerprint density at radius 3 is 2.36 bits per heavy atom. The molecule has 4 rings (SSSR count). The van der Waals surface area contributed by atoms with Gasteiger partial charge in [0.05, 0.1) is 10.6 Å². The molecule has 0 aromatic heterocycles. The van der Waals surface area contributed by atoms with Gasteiger partial charge in [-0.2, -0.15) is 0 Å². The Hall–Kier alpha value is -3.50. The Kier molecular flexibility index (Phi) is 6.57. The molecule has 3 aromatic rings. The molecule has 1 saturated heterocycles. The van der Waals surface area contributed by atoms with E-state index in [0.29, 0.717) is 10.2 Å². The summed E-state index contributed by atoms with van der Waals surface area (Å²) in [4.78, 5) is 36.6. The molecule has 8 nitrogen and oxygen atoms in total. The summed E-state index contributed by atoms with van der Waals surface area (Å²) in [5.74, 6) is -1.24. The molecule has 0 radical (unpaired) electrons. The predicted molar refractivity (Wildman–Crippen MR) is 129 cm³/mol. The zero-order valence-corrected chi connectivity index (χ0v) is 20.0. The Morgan fingerprint density at radius 2 is 1.70 bits per heavy atom. The molecule has 0 aliphatic carbocycles. The highest BCUT2D eigenvalue weighted by atomic mass is 79.9. The number of nitro groups is 1. The average molecular weight is 573 g/mol. The van der Waals surface area contributed by atoms with Crippen LogP contribution in [0.4, 0.5) is 11.4 Å². The van der Waals surface area contributed by atoms with E-state index in [-0.39, 0.29) is 29.2 Å². The molecule has 1 N–H and O–H groups in total. The van der Waals surface area contributed by atoms with Gasteiger partial charge >= 0.3 is 5.69 Å². The highest BCUT2D eigenvalue weighted by Gasteiger charge is 2.35. The number of ether oxygens (including phenoxy) is 1. The number of nitrogens with one attached hydrogen (secondary N) is 1. The van der Waals surface area contributed by atoms with Crippen molar-refractivity contribution in [3.8, 4) is 5.75 Å². The molecule has 166 valence electrons. The zero-order chi connectivity index (χ0) is 23.5. The number of nitro benzene ring substituents is 1. The van der Waals surface area contributed by atoms with E-state index in [1.54, 1.807) is 36.4 Å². The Labute approximate surface area is 205 Å². The van der Waals surface area contributed by atoms with Gasteiger partial charge in [0.1, 0.15) is 12.2 Å². The zero-order valence-electron chi connectivity index (χ0n) is 16.8. The summed E-state index contributed by atoms with van der Waals surface area (Å²) >= 11 is 6.61. The summed E-state index contributed by atoms with van der Waals surface area (Å²) in [7, 11) is 0. The van der Waals surface area contributed by atoms with Crippen LogP contribution in [0.5, 0.6) is 5.75 Å². The van der Waals surface area contributed by atoms with Crippen LogP contribution in [0.15, 0.2) is 81.2 Å². The number of hydrazine groups is 1. The van der Waals surface area contributed by atoms with Gasteiger partial charge in [-0.1, -0.05) is 62.2 Å². The quantitative estimate of drug-likeness (QED) is 0.190. The summed E-state index contributed by atoms with van der Waals surface area (Å²) < 4.78 is 7.12. The van der Waals surface area contributed by atoms with Crippen molar-refractivity contribution in [2.75, 3.05) is 5.01 Å². The van der Waals surface area contributed by atoms with Crippen LogP contribution in [-0.4, -0.2) is 16.7 Å². The Bertz CT molecular complexity index is 1280. The number of hydrogen-bond donors (Lipinski definition) is 1. The molecule has 1 aliphatic heterocycles. The minimum atomic E-state index is -0.620. The molecule has 1 fully saturated rings. The Morgan fingerprint density at radius 1 is 1.00 bits per heavy atom. The van der Waals surface area contributed by atoms with Crippen molar-refractivity contribution in [3.63, 3.8) is 0 Å². The number of hydrogen-bond acceptors (Lipinski definition) is 5. The minimum Gasteiger partial charge on any atom is -0.482 e. The second kappa shape index (κ2) is 9.55. The molecule has 0 bridgehead atoms. The Balaban J connectivity index is 1.72. The van der Waals surface area contributed by atoms with Gasteiger partial charge in [-0.05, 0) is 42.0 Å². The number of halogens is 2. The molecule has 1 aliphatic rings. The summed E-state index contributed by atoms with van der Waals surface area (Å²) in [5, 5.41) is 12.8. The normalized spacial score (nSPS) is 14.5. The number of amides is 2. The van der Waals surface area contributed by atoms with Crippen molar-refractivity contribution in [1.82, 2.24) is 5.43 Å². The van der Waals surface area contributed by atoms with Crippen LogP contribution in [0, 0.1) is 10.1 Å². The van der Waals surface area contributed by atoms with E-state index in [9.17, 15) is 19.7 Å². The summed E-state index contributed by atoms with van der Waals surface area (Å²) in [6.45, 7) is 0.0577. The lowest BCUT2D eigenvalue weighted by Crippen LogP contribution is -2.35. The second-order valence-electron chi connectivity index (χ2n) is 6.99. The van der Waals surface area contributed by atoms with Crippen LogP contribution in [0.3, 0.4) is 0 Å². The van der Waals surface area contributed by atoms with E-state index in [1.165, 1.54) is 12.1 Å². The molecule has 10 heteroatoms. The summed E-state index contributed by atoms with van der Waals surface area (Å²) in [6.07, 6.45) is 1.30. The van der Waals surface area contributed by atoms with Crippen molar-refractivity contribution in [1.29, 1.82) is 0 Å². The third-order valence-corrected chi connectivity index (χ3v) is 5.75.